The summed E-state index contributed by atoms with van der Waals surface area (Å²) in [6.45, 7) is 6.49. The van der Waals surface area contributed by atoms with Crippen LogP contribution in [0.25, 0.3) is 5.69 Å². The minimum atomic E-state index is -3.73. The van der Waals surface area contributed by atoms with Crippen molar-refractivity contribution in [2.75, 3.05) is 12.3 Å². The van der Waals surface area contributed by atoms with Crippen LogP contribution in [0.15, 0.2) is 46.4 Å². The first-order chi connectivity index (χ1) is 11.3. The van der Waals surface area contributed by atoms with Gasteiger partial charge >= 0.3 is 0 Å². The van der Waals surface area contributed by atoms with Gasteiger partial charge in [-0.1, -0.05) is 50.7 Å². The summed E-state index contributed by atoms with van der Waals surface area (Å²) in [4.78, 5) is 4.35. The maximum atomic E-state index is 12.8. The zero-order chi connectivity index (χ0) is 17.4. The van der Waals surface area contributed by atoms with Gasteiger partial charge in [0, 0.05) is 11.2 Å². The Hall–Kier alpha value is -1.80. The number of aromatic nitrogens is 2. The largest absolute Gasteiger partial charge is 0.266 e. The third kappa shape index (κ3) is 3.49. The third-order valence-electron chi connectivity index (χ3n) is 3.51. The standard InChI is InChI=1S/C16H20N4O2S2/c1-16(2,3)14-13(24(21,22)19-15-17-9-10-23-15)11-20(18-14)12-7-5-4-6-8-12/h4-8,11H,9-10H2,1-3H3,(H,17,19). The molecule has 128 valence electrons. The zero-order valence-corrected chi connectivity index (χ0v) is 15.5. The van der Waals surface area contributed by atoms with E-state index in [0.717, 1.165) is 11.4 Å². The van der Waals surface area contributed by atoms with Crippen molar-refractivity contribution in [1.29, 1.82) is 0 Å². The van der Waals surface area contributed by atoms with E-state index in [-0.39, 0.29) is 4.90 Å². The Morgan fingerprint density at radius 2 is 1.92 bits per heavy atom. The molecule has 1 aliphatic rings. The highest BCUT2D eigenvalue weighted by Crippen LogP contribution is 2.29. The van der Waals surface area contributed by atoms with Crippen LogP contribution in [0.2, 0.25) is 0 Å². The lowest BCUT2D eigenvalue weighted by Crippen LogP contribution is -2.29. The number of aliphatic imine (C=N–C) groups is 1. The zero-order valence-electron chi connectivity index (χ0n) is 13.9. The van der Waals surface area contributed by atoms with E-state index >= 15 is 0 Å². The van der Waals surface area contributed by atoms with Crippen LogP contribution in [0.4, 0.5) is 0 Å². The summed E-state index contributed by atoms with van der Waals surface area (Å²) >= 11 is 1.41. The average Bonchev–Trinajstić information content (AvgIpc) is 3.16. The number of benzene rings is 1. The van der Waals surface area contributed by atoms with Crippen LogP contribution in [0.1, 0.15) is 26.5 Å². The Morgan fingerprint density at radius 1 is 1.21 bits per heavy atom. The Kier molecular flexibility index (Phi) is 4.44. The number of amidine groups is 1. The SMILES string of the molecule is CC(C)(C)c1nn(-c2ccccc2)cc1S(=O)(=O)NC1=NCCS1. The van der Waals surface area contributed by atoms with E-state index in [1.165, 1.54) is 11.8 Å². The summed E-state index contributed by atoms with van der Waals surface area (Å²) in [6, 6.07) is 9.47. The molecule has 0 bridgehead atoms. The average molecular weight is 364 g/mol. The lowest BCUT2D eigenvalue weighted by Gasteiger charge is -2.17. The molecule has 0 aliphatic carbocycles. The lowest BCUT2D eigenvalue weighted by atomic mass is 9.92. The van der Waals surface area contributed by atoms with Gasteiger partial charge in [-0.25, -0.2) is 13.1 Å². The molecule has 0 saturated heterocycles. The van der Waals surface area contributed by atoms with Crippen molar-refractivity contribution in [3.8, 4) is 5.69 Å². The van der Waals surface area contributed by atoms with Crippen molar-refractivity contribution in [2.45, 2.75) is 31.1 Å². The molecule has 0 saturated carbocycles. The van der Waals surface area contributed by atoms with Crippen molar-refractivity contribution in [2.24, 2.45) is 4.99 Å². The molecule has 1 aromatic heterocycles. The Bertz CT molecular complexity index is 865. The van der Waals surface area contributed by atoms with Crippen LogP contribution < -0.4 is 4.72 Å². The number of nitrogens with zero attached hydrogens (tertiary/aromatic N) is 3. The number of nitrogens with one attached hydrogen (secondary N) is 1. The Balaban J connectivity index is 2.07. The normalized spacial score (nSPS) is 15.4. The van der Waals surface area contributed by atoms with Crippen LogP contribution in [0.3, 0.4) is 0 Å². The molecule has 1 N–H and O–H groups in total. The van der Waals surface area contributed by atoms with Crippen molar-refractivity contribution >= 4 is 27.0 Å². The highest BCUT2D eigenvalue weighted by molar-refractivity contribution is 8.15. The molecule has 1 aromatic carbocycles. The summed E-state index contributed by atoms with van der Waals surface area (Å²) < 4.78 is 29.9. The van der Waals surface area contributed by atoms with Crippen molar-refractivity contribution in [3.05, 3.63) is 42.2 Å². The Morgan fingerprint density at radius 3 is 2.50 bits per heavy atom. The van der Waals surface area contributed by atoms with Crippen LogP contribution in [0, 0.1) is 0 Å². The van der Waals surface area contributed by atoms with Gasteiger partial charge in [0.25, 0.3) is 10.0 Å². The summed E-state index contributed by atoms with van der Waals surface area (Å²) in [6.07, 6.45) is 1.57. The van der Waals surface area contributed by atoms with E-state index in [9.17, 15) is 8.42 Å². The molecule has 0 radical (unpaired) electrons. The van der Waals surface area contributed by atoms with Gasteiger partial charge in [-0.15, -0.1) is 0 Å². The van der Waals surface area contributed by atoms with Gasteiger partial charge in [-0.05, 0) is 12.1 Å². The van der Waals surface area contributed by atoms with Crippen LogP contribution in [-0.2, 0) is 15.4 Å². The fourth-order valence-electron chi connectivity index (χ4n) is 2.35. The smallest absolute Gasteiger partial charge is 0.261 e. The first-order valence-corrected chi connectivity index (χ1v) is 10.1. The van der Waals surface area contributed by atoms with Crippen LogP contribution in [0.5, 0.6) is 0 Å². The number of rotatable bonds is 3. The molecule has 0 atom stereocenters. The second kappa shape index (κ2) is 6.25. The van der Waals surface area contributed by atoms with E-state index in [1.807, 2.05) is 51.1 Å². The fourth-order valence-corrected chi connectivity index (χ4v) is 4.72. The summed E-state index contributed by atoms with van der Waals surface area (Å²) in [5.41, 5.74) is 0.939. The molecule has 1 aliphatic heterocycles. The monoisotopic (exact) mass is 364 g/mol. The molecule has 2 heterocycles. The molecular formula is C16H20N4O2S2. The molecule has 0 unspecified atom stereocenters. The number of para-hydroxylation sites is 1. The highest BCUT2D eigenvalue weighted by Gasteiger charge is 2.31. The predicted octanol–water partition coefficient (Wildman–Crippen LogP) is 2.55. The van der Waals surface area contributed by atoms with Gasteiger partial charge < -0.3 is 0 Å². The first kappa shape index (κ1) is 17.0. The minimum Gasteiger partial charge on any atom is -0.261 e. The molecule has 6 nitrogen and oxygen atoms in total. The second-order valence-electron chi connectivity index (χ2n) is 6.51. The quantitative estimate of drug-likeness (QED) is 0.908. The number of sulfonamides is 1. The van der Waals surface area contributed by atoms with Crippen molar-refractivity contribution in [3.63, 3.8) is 0 Å². The second-order valence-corrected chi connectivity index (χ2v) is 9.25. The first-order valence-electron chi connectivity index (χ1n) is 7.63. The third-order valence-corrected chi connectivity index (χ3v) is 5.87. The minimum absolute atomic E-state index is 0.189. The maximum absolute atomic E-state index is 12.8. The van der Waals surface area contributed by atoms with E-state index in [4.69, 9.17) is 0 Å². The maximum Gasteiger partial charge on any atom is 0.266 e. The van der Waals surface area contributed by atoms with E-state index in [0.29, 0.717) is 17.4 Å². The van der Waals surface area contributed by atoms with Crippen molar-refractivity contribution < 1.29 is 8.42 Å². The van der Waals surface area contributed by atoms with Gasteiger partial charge in [-0.3, -0.25) is 9.71 Å². The van der Waals surface area contributed by atoms with Gasteiger partial charge in [-0.2, -0.15) is 5.10 Å². The summed E-state index contributed by atoms with van der Waals surface area (Å²) in [7, 11) is -3.73. The number of hydrogen-bond donors (Lipinski definition) is 1. The molecule has 0 amide bonds. The van der Waals surface area contributed by atoms with Crippen LogP contribution >= 0.6 is 11.8 Å². The molecule has 0 spiro atoms. The van der Waals surface area contributed by atoms with Gasteiger partial charge in [0.1, 0.15) is 4.90 Å². The molecule has 8 heteroatoms. The van der Waals surface area contributed by atoms with Gasteiger partial charge in [0.15, 0.2) is 5.17 Å². The predicted molar refractivity (Wildman–Crippen MR) is 97.3 cm³/mol. The lowest BCUT2D eigenvalue weighted by molar-refractivity contribution is 0.541. The molecule has 3 rings (SSSR count). The van der Waals surface area contributed by atoms with Gasteiger partial charge in [0.05, 0.1) is 24.1 Å². The van der Waals surface area contributed by atoms with Crippen molar-refractivity contribution in [1.82, 2.24) is 14.5 Å². The molecule has 0 fully saturated rings. The van der Waals surface area contributed by atoms with E-state index in [2.05, 4.69) is 14.8 Å². The number of hydrogen-bond acceptors (Lipinski definition) is 5. The van der Waals surface area contributed by atoms with Crippen LogP contribution in [-0.4, -0.2) is 35.7 Å². The van der Waals surface area contributed by atoms with Gasteiger partial charge in [0.2, 0.25) is 0 Å². The topological polar surface area (TPSA) is 76.3 Å². The summed E-state index contributed by atoms with van der Waals surface area (Å²) in [5.74, 6) is 0.799. The van der Waals surface area contributed by atoms with E-state index < -0.39 is 15.4 Å². The number of thioether (sulfide) groups is 1. The molecular weight excluding hydrogens is 344 g/mol. The molecule has 2 aromatic rings. The fraction of sp³-hybridized carbons (Fsp3) is 0.375. The summed E-state index contributed by atoms with van der Waals surface area (Å²) in [5, 5.41) is 4.99. The highest BCUT2D eigenvalue weighted by atomic mass is 32.2. The molecule has 24 heavy (non-hydrogen) atoms. The van der Waals surface area contributed by atoms with E-state index in [1.54, 1.807) is 10.9 Å². The Labute approximate surface area is 146 Å².